The molecule has 0 aliphatic carbocycles. The van der Waals surface area contributed by atoms with Crippen LogP contribution in [0.4, 0.5) is 0 Å². The first-order valence-electron chi connectivity index (χ1n) is 8.26. The molecule has 1 aromatic heterocycles. The predicted molar refractivity (Wildman–Crippen MR) is 99.7 cm³/mol. The molecule has 132 valence electrons. The number of amides is 1. The second kappa shape index (κ2) is 8.16. The first-order chi connectivity index (χ1) is 12.6. The Hall–Kier alpha value is -3.34. The van der Waals surface area contributed by atoms with Crippen LogP contribution in [0.25, 0.3) is 0 Å². The van der Waals surface area contributed by atoms with E-state index in [1.807, 2.05) is 61.5 Å². The van der Waals surface area contributed by atoms with Gasteiger partial charge in [-0.15, -0.1) is 0 Å². The molecule has 0 spiro atoms. The van der Waals surface area contributed by atoms with Gasteiger partial charge in [-0.25, -0.2) is 0 Å². The van der Waals surface area contributed by atoms with Gasteiger partial charge in [0.05, 0.1) is 12.7 Å². The molecule has 0 saturated heterocycles. The van der Waals surface area contributed by atoms with Gasteiger partial charge < -0.3 is 14.8 Å². The van der Waals surface area contributed by atoms with Crippen LogP contribution in [0.1, 0.15) is 21.6 Å². The highest BCUT2D eigenvalue weighted by atomic mass is 16.5. The third-order valence-electron chi connectivity index (χ3n) is 3.85. The molecule has 0 saturated carbocycles. The van der Waals surface area contributed by atoms with Gasteiger partial charge in [-0.2, -0.15) is 0 Å². The Morgan fingerprint density at radius 1 is 0.923 bits per heavy atom. The number of carbonyl (C=O) groups excluding carboxylic acids is 1. The van der Waals surface area contributed by atoms with Crippen LogP contribution in [0.2, 0.25) is 0 Å². The summed E-state index contributed by atoms with van der Waals surface area (Å²) in [6, 6.07) is 18.6. The van der Waals surface area contributed by atoms with Gasteiger partial charge >= 0.3 is 0 Å². The number of pyridine rings is 1. The van der Waals surface area contributed by atoms with Gasteiger partial charge in [0, 0.05) is 18.4 Å². The van der Waals surface area contributed by atoms with Gasteiger partial charge in [-0.3, -0.25) is 9.78 Å². The number of ether oxygens (including phenoxy) is 2. The van der Waals surface area contributed by atoms with E-state index in [4.69, 9.17) is 9.47 Å². The first kappa shape index (κ1) is 17.5. The number of aromatic nitrogens is 1. The molecule has 2 aromatic carbocycles. The van der Waals surface area contributed by atoms with Crippen LogP contribution >= 0.6 is 0 Å². The van der Waals surface area contributed by atoms with Gasteiger partial charge in [0.1, 0.15) is 17.2 Å². The molecule has 0 aliphatic heterocycles. The summed E-state index contributed by atoms with van der Waals surface area (Å²) in [7, 11) is 1.63. The van der Waals surface area contributed by atoms with Crippen molar-refractivity contribution < 1.29 is 14.3 Å². The lowest BCUT2D eigenvalue weighted by atomic mass is 10.2. The summed E-state index contributed by atoms with van der Waals surface area (Å²) in [6.45, 7) is 2.33. The van der Waals surface area contributed by atoms with Crippen molar-refractivity contribution in [3.8, 4) is 17.2 Å². The molecule has 5 nitrogen and oxygen atoms in total. The molecule has 0 radical (unpaired) electrons. The molecule has 0 bridgehead atoms. The first-order valence-corrected chi connectivity index (χ1v) is 8.26. The highest BCUT2D eigenvalue weighted by Crippen LogP contribution is 2.24. The standard InChI is InChI=1S/C21H20N2O3/c1-15-3-6-17(14-22-15)21(24)23-13-16-4-7-19(8-5-16)26-20-11-9-18(25-2)10-12-20/h3-12,14H,13H2,1-2H3,(H,23,24). The van der Waals surface area contributed by atoms with Crippen LogP contribution in [0.3, 0.4) is 0 Å². The van der Waals surface area contributed by atoms with Crippen molar-refractivity contribution in [2.75, 3.05) is 7.11 Å². The summed E-state index contributed by atoms with van der Waals surface area (Å²) in [5.41, 5.74) is 2.42. The maximum absolute atomic E-state index is 12.1. The summed E-state index contributed by atoms with van der Waals surface area (Å²) < 4.78 is 10.9. The monoisotopic (exact) mass is 348 g/mol. The van der Waals surface area contributed by atoms with Crippen molar-refractivity contribution in [2.24, 2.45) is 0 Å². The van der Waals surface area contributed by atoms with E-state index in [2.05, 4.69) is 10.3 Å². The zero-order valence-electron chi connectivity index (χ0n) is 14.7. The van der Waals surface area contributed by atoms with Crippen LogP contribution in [-0.4, -0.2) is 18.0 Å². The van der Waals surface area contributed by atoms with E-state index < -0.39 is 0 Å². The van der Waals surface area contributed by atoms with Crippen molar-refractivity contribution in [3.05, 3.63) is 83.7 Å². The summed E-state index contributed by atoms with van der Waals surface area (Å²) in [6.07, 6.45) is 1.58. The SMILES string of the molecule is COc1ccc(Oc2ccc(CNC(=O)c3ccc(C)nc3)cc2)cc1. The molecule has 5 heteroatoms. The zero-order valence-corrected chi connectivity index (χ0v) is 14.7. The fourth-order valence-electron chi connectivity index (χ4n) is 2.34. The molecular formula is C21H20N2O3. The van der Waals surface area contributed by atoms with E-state index in [-0.39, 0.29) is 5.91 Å². The highest BCUT2D eigenvalue weighted by Gasteiger charge is 2.05. The zero-order chi connectivity index (χ0) is 18.4. The molecule has 3 aromatic rings. The fourth-order valence-corrected chi connectivity index (χ4v) is 2.34. The van der Waals surface area contributed by atoms with Crippen LogP contribution in [0.15, 0.2) is 66.9 Å². The quantitative estimate of drug-likeness (QED) is 0.728. The minimum absolute atomic E-state index is 0.143. The maximum Gasteiger partial charge on any atom is 0.253 e. The summed E-state index contributed by atoms with van der Waals surface area (Å²) >= 11 is 0. The summed E-state index contributed by atoms with van der Waals surface area (Å²) in [5, 5.41) is 2.88. The Bertz CT molecular complexity index is 857. The number of hydrogen-bond acceptors (Lipinski definition) is 4. The molecular weight excluding hydrogens is 328 g/mol. The minimum atomic E-state index is -0.143. The third kappa shape index (κ3) is 4.60. The summed E-state index contributed by atoms with van der Waals surface area (Å²) in [5.74, 6) is 2.11. The third-order valence-corrected chi connectivity index (χ3v) is 3.85. The Balaban J connectivity index is 1.55. The highest BCUT2D eigenvalue weighted by molar-refractivity contribution is 5.93. The molecule has 0 fully saturated rings. The second-order valence-corrected chi connectivity index (χ2v) is 5.79. The number of rotatable bonds is 6. The predicted octanol–water partition coefficient (Wildman–Crippen LogP) is 4.12. The molecule has 0 aliphatic rings. The smallest absolute Gasteiger partial charge is 0.253 e. The van der Waals surface area contributed by atoms with Gasteiger partial charge in [-0.05, 0) is 61.0 Å². The van der Waals surface area contributed by atoms with Crippen LogP contribution in [-0.2, 0) is 6.54 Å². The van der Waals surface area contributed by atoms with Crippen LogP contribution in [0, 0.1) is 6.92 Å². The average molecular weight is 348 g/mol. The molecule has 1 amide bonds. The molecule has 3 rings (SSSR count). The fraction of sp³-hybridized carbons (Fsp3) is 0.143. The number of benzene rings is 2. The van der Waals surface area contributed by atoms with E-state index in [0.29, 0.717) is 12.1 Å². The number of nitrogens with zero attached hydrogens (tertiary/aromatic N) is 1. The Morgan fingerprint density at radius 2 is 1.54 bits per heavy atom. The van der Waals surface area contributed by atoms with E-state index in [1.165, 1.54) is 0 Å². The van der Waals surface area contributed by atoms with Gasteiger partial charge in [0.25, 0.3) is 5.91 Å². The Kier molecular flexibility index (Phi) is 5.49. The van der Waals surface area contributed by atoms with Crippen molar-refractivity contribution in [2.45, 2.75) is 13.5 Å². The van der Waals surface area contributed by atoms with Crippen LogP contribution in [0.5, 0.6) is 17.2 Å². The molecule has 26 heavy (non-hydrogen) atoms. The lowest BCUT2D eigenvalue weighted by molar-refractivity contribution is 0.0950. The molecule has 1 heterocycles. The normalized spacial score (nSPS) is 10.2. The molecule has 0 unspecified atom stereocenters. The van der Waals surface area contributed by atoms with Gasteiger partial charge in [-0.1, -0.05) is 12.1 Å². The lowest BCUT2D eigenvalue weighted by Gasteiger charge is -2.09. The van der Waals surface area contributed by atoms with Crippen molar-refractivity contribution in [1.29, 1.82) is 0 Å². The number of methoxy groups -OCH3 is 1. The van der Waals surface area contributed by atoms with Gasteiger partial charge in [0.2, 0.25) is 0 Å². The molecule has 0 atom stereocenters. The van der Waals surface area contributed by atoms with Crippen molar-refractivity contribution >= 4 is 5.91 Å². The van der Waals surface area contributed by atoms with E-state index in [0.717, 1.165) is 28.5 Å². The van der Waals surface area contributed by atoms with Crippen LogP contribution < -0.4 is 14.8 Å². The average Bonchev–Trinajstić information content (AvgIpc) is 2.68. The Morgan fingerprint density at radius 3 is 2.12 bits per heavy atom. The maximum atomic E-state index is 12.1. The van der Waals surface area contributed by atoms with Crippen molar-refractivity contribution in [1.82, 2.24) is 10.3 Å². The topological polar surface area (TPSA) is 60.5 Å². The minimum Gasteiger partial charge on any atom is -0.497 e. The van der Waals surface area contributed by atoms with E-state index >= 15 is 0 Å². The number of nitrogens with one attached hydrogen (secondary N) is 1. The number of aryl methyl sites for hydroxylation is 1. The molecule has 1 N–H and O–H groups in total. The van der Waals surface area contributed by atoms with Crippen molar-refractivity contribution in [3.63, 3.8) is 0 Å². The number of hydrogen-bond donors (Lipinski definition) is 1. The lowest BCUT2D eigenvalue weighted by Crippen LogP contribution is -2.22. The second-order valence-electron chi connectivity index (χ2n) is 5.79. The van der Waals surface area contributed by atoms with E-state index in [1.54, 1.807) is 19.4 Å². The summed E-state index contributed by atoms with van der Waals surface area (Å²) in [4.78, 5) is 16.2. The largest absolute Gasteiger partial charge is 0.497 e. The Labute approximate surface area is 152 Å². The van der Waals surface area contributed by atoms with E-state index in [9.17, 15) is 4.79 Å². The van der Waals surface area contributed by atoms with Gasteiger partial charge in [0.15, 0.2) is 0 Å². The number of carbonyl (C=O) groups is 1.